The third kappa shape index (κ3) is 5.77. The number of benzene rings is 1. The minimum absolute atomic E-state index is 0.0482. The van der Waals surface area contributed by atoms with Crippen LogP contribution in [0.2, 0.25) is 5.02 Å². The summed E-state index contributed by atoms with van der Waals surface area (Å²) in [4.78, 5) is 11.6. The summed E-state index contributed by atoms with van der Waals surface area (Å²) in [5.74, 6) is 0.381. The van der Waals surface area contributed by atoms with Gasteiger partial charge in [0.05, 0.1) is 5.02 Å². The molecule has 5 nitrogen and oxygen atoms in total. The summed E-state index contributed by atoms with van der Waals surface area (Å²) in [6.45, 7) is 1.78. The van der Waals surface area contributed by atoms with Crippen molar-refractivity contribution >= 4 is 17.5 Å². The molecule has 112 valence electrons. The number of amides is 1. The first-order valence-electron chi connectivity index (χ1n) is 6.49. The van der Waals surface area contributed by atoms with E-state index in [1.54, 1.807) is 13.2 Å². The van der Waals surface area contributed by atoms with Crippen LogP contribution in [0.5, 0.6) is 5.75 Å². The molecule has 2 N–H and O–H groups in total. The zero-order chi connectivity index (χ0) is 14.8. The van der Waals surface area contributed by atoms with Crippen LogP contribution in [0.1, 0.15) is 12.0 Å². The normalized spacial score (nSPS) is 10.3. The van der Waals surface area contributed by atoms with Crippen LogP contribution in [0.15, 0.2) is 18.2 Å². The summed E-state index contributed by atoms with van der Waals surface area (Å²) in [5.41, 5.74) is 0.923. The van der Waals surface area contributed by atoms with Gasteiger partial charge in [-0.25, -0.2) is 0 Å². The molecule has 1 aromatic carbocycles. The Morgan fingerprint density at radius 2 is 2.20 bits per heavy atom. The maximum Gasteiger partial charge on any atom is 0.257 e. The van der Waals surface area contributed by atoms with E-state index in [1.807, 2.05) is 19.2 Å². The molecule has 0 saturated heterocycles. The Balaban J connectivity index is 2.46. The van der Waals surface area contributed by atoms with E-state index < -0.39 is 0 Å². The SMILES string of the molecule is CNCc1cccc(Cl)c1OCC(=O)NCCCOC. The van der Waals surface area contributed by atoms with Crippen molar-refractivity contribution in [2.45, 2.75) is 13.0 Å². The van der Waals surface area contributed by atoms with Gasteiger partial charge >= 0.3 is 0 Å². The molecule has 0 unspecified atom stereocenters. The lowest BCUT2D eigenvalue weighted by molar-refractivity contribution is -0.123. The molecule has 1 amide bonds. The molecule has 20 heavy (non-hydrogen) atoms. The fourth-order valence-electron chi connectivity index (χ4n) is 1.68. The van der Waals surface area contributed by atoms with Crippen molar-refractivity contribution in [2.24, 2.45) is 0 Å². The standard InChI is InChI=1S/C14H21ClN2O3/c1-16-9-11-5-3-6-12(15)14(11)20-10-13(18)17-7-4-8-19-2/h3,5-6,16H,4,7-10H2,1-2H3,(H,17,18). The van der Waals surface area contributed by atoms with E-state index in [-0.39, 0.29) is 12.5 Å². The van der Waals surface area contributed by atoms with Crippen LogP contribution < -0.4 is 15.4 Å². The van der Waals surface area contributed by atoms with Gasteiger partial charge in [0.1, 0.15) is 5.75 Å². The lowest BCUT2D eigenvalue weighted by Gasteiger charge is -2.13. The zero-order valence-electron chi connectivity index (χ0n) is 11.9. The summed E-state index contributed by atoms with van der Waals surface area (Å²) < 4.78 is 10.4. The smallest absolute Gasteiger partial charge is 0.257 e. The maximum atomic E-state index is 11.6. The molecule has 0 aromatic heterocycles. The number of hydrogen-bond acceptors (Lipinski definition) is 4. The molecule has 0 aliphatic carbocycles. The molecule has 0 fully saturated rings. The average molecular weight is 301 g/mol. The number of carbonyl (C=O) groups excluding carboxylic acids is 1. The average Bonchev–Trinajstić information content (AvgIpc) is 2.43. The highest BCUT2D eigenvalue weighted by Gasteiger charge is 2.10. The minimum atomic E-state index is -0.170. The minimum Gasteiger partial charge on any atom is -0.482 e. The lowest BCUT2D eigenvalue weighted by Crippen LogP contribution is -2.30. The predicted molar refractivity (Wildman–Crippen MR) is 79.2 cm³/mol. The number of hydrogen-bond donors (Lipinski definition) is 2. The third-order valence-corrected chi connectivity index (χ3v) is 2.91. The van der Waals surface area contributed by atoms with Crippen molar-refractivity contribution in [1.29, 1.82) is 0 Å². The van der Waals surface area contributed by atoms with Gasteiger partial charge in [0.25, 0.3) is 5.91 Å². The fraction of sp³-hybridized carbons (Fsp3) is 0.500. The molecule has 0 bridgehead atoms. The summed E-state index contributed by atoms with van der Waals surface area (Å²) in [6.07, 6.45) is 0.777. The van der Waals surface area contributed by atoms with Crippen LogP contribution in [0, 0.1) is 0 Å². The lowest BCUT2D eigenvalue weighted by atomic mass is 10.2. The van der Waals surface area contributed by atoms with Gasteiger partial charge in [-0.15, -0.1) is 0 Å². The van der Waals surface area contributed by atoms with Crippen molar-refractivity contribution in [3.63, 3.8) is 0 Å². The van der Waals surface area contributed by atoms with E-state index in [0.29, 0.717) is 30.5 Å². The fourth-order valence-corrected chi connectivity index (χ4v) is 1.93. The summed E-state index contributed by atoms with van der Waals surface area (Å²) in [7, 11) is 3.47. The molecule has 0 aliphatic rings. The van der Waals surface area contributed by atoms with Gasteiger partial charge in [-0.05, 0) is 19.5 Å². The molecule has 0 aliphatic heterocycles. The monoisotopic (exact) mass is 300 g/mol. The Labute approximate surface area is 124 Å². The second-order valence-electron chi connectivity index (χ2n) is 4.24. The Morgan fingerprint density at radius 1 is 1.40 bits per heavy atom. The van der Waals surface area contributed by atoms with Crippen LogP contribution in [0.4, 0.5) is 0 Å². The predicted octanol–water partition coefficient (Wildman–Crippen LogP) is 1.59. The quantitative estimate of drug-likeness (QED) is 0.680. The topological polar surface area (TPSA) is 59.6 Å². The van der Waals surface area contributed by atoms with Gasteiger partial charge in [-0.2, -0.15) is 0 Å². The van der Waals surface area contributed by atoms with Crippen LogP contribution in [-0.2, 0) is 16.1 Å². The second-order valence-corrected chi connectivity index (χ2v) is 4.65. The van der Waals surface area contributed by atoms with Crippen LogP contribution in [0.25, 0.3) is 0 Å². The van der Waals surface area contributed by atoms with Crippen LogP contribution >= 0.6 is 11.6 Å². The molecular formula is C14H21ClN2O3. The zero-order valence-corrected chi connectivity index (χ0v) is 12.6. The first-order chi connectivity index (χ1) is 9.69. The molecule has 0 heterocycles. The van der Waals surface area contributed by atoms with E-state index in [2.05, 4.69) is 10.6 Å². The molecule has 0 atom stereocenters. The molecule has 0 saturated carbocycles. The summed E-state index contributed by atoms with van der Waals surface area (Å²) in [6, 6.07) is 5.51. The van der Waals surface area contributed by atoms with E-state index in [4.69, 9.17) is 21.1 Å². The molecule has 1 rings (SSSR count). The van der Waals surface area contributed by atoms with Gasteiger partial charge in [0.15, 0.2) is 6.61 Å². The van der Waals surface area contributed by atoms with E-state index in [9.17, 15) is 4.79 Å². The Morgan fingerprint density at radius 3 is 2.90 bits per heavy atom. The first kappa shape index (κ1) is 16.8. The molecule has 6 heteroatoms. The Hall–Kier alpha value is -1.30. The maximum absolute atomic E-state index is 11.6. The third-order valence-electron chi connectivity index (χ3n) is 2.61. The van der Waals surface area contributed by atoms with E-state index in [1.165, 1.54) is 0 Å². The van der Waals surface area contributed by atoms with Gasteiger partial charge < -0.3 is 20.1 Å². The number of rotatable bonds is 9. The van der Waals surface area contributed by atoms with E-state index >= 15 is 0 Å². The summed E-state index contributed by atoms with van der Waals surface area (Å²) in [5, 5.41) is 6.30. The van der Waals surface area contributed by atoms with Gasteiger partial charge in [0, 0.05) is 32.4 Å². The van der Waals surface area contributed by atoms with Gasteiger partial charge in [0.2, 0.25) is 0 Å². The molecular weight excluding hydrogens is 280 g/mol. The van der Waals surface area contributed by atoms with Gasteiger partial charge in [-0.3, -0.25) is 4.79 Å². The Bertz CT molecular complexity index is 427. The number of carbonyl (C=O) groups is 1. The van der Waals surface area contributed by atoms with Crippen LogP contribution in [0.3, 0.4) is 0 Å². The highest BCUT2D eigenvalue weighted by atomic mass is 35.5. The van der Waals surface area contributed by atoms with Crippen molar-refractivity contribution in [1.82, 2.24) is 10.6 Å². The number of halogens is 1. The largest absolute Gasteiger partial charge is 0.482 e. The molecule has 0 spiro atoms. The van der Waals surface area contributed by atoms with E-state index in [0.717, 1.165) is 12.0 Å². The first-order valence-corrected chi connectivity index (χ1v) is 6.87. The number of para-hydroxylation sites is 1. The number of ether oxygens (including phenoxy) is 2. The highest BCUT2D eigenvalue weighted by molar-refractivity contribution is 6.32. The van der Waals surface area contributed by atoms with Crippen molar-refractivity contribution in [3.8, 4) is 5.75 Å². The van der Waals surface area contributed by atoms with Crippen molar-refractivity contribution in [2.75, 3.05) is 33.9 Å². The highest BCUT2D eigenvalue weighted by Crippen LogP contribution is 2.28. The number of methoxy groups -OCH3 is 1. The second kappa shape index (κ2) is 9.58. The Kier molecular flexibility index (Phi) is 8.02. The van der Waals surface area contributed by atoms with Crippen molar-refractivity contribution < 1.29 is 14.3 Å². The number of nitrogens with one attached hydrogen (secondary N) is 2. The van der Waals surface area contributed by atoms with Gasteiger partial charge in [-0.1, -0.05) is 23.7 Å². The molecule has 0 radical (unpaired) electrons. The summed E-state index contributed by atoms with van der Waals surface area (Å²) >= 11 is 6.09. The van der Waals surface area contributed by atoms with Crippen molar-refractivity contribution in [3.05, 3.63) is 28.8 Å². The van der Waals surface area contributed by atoms with Crippen LogP contribution in [-0.4, -0.2) is 39.8 Å². The molecule has 1 aromatic rings.